The highest BCUT2D eigenvalue weighted by Crippen LogP contribution is 2.35. The van der Waals surface area contributed by atoms with Crippen molar-refractivity contribution in [2.45, 2.75) is 40.0 Å². The van der Waals surface area contributed by atoms with Crippen LogP contribution in [0.4, 0.5) is 0 Å². The molecule has 0 aliphatic rings. The van der Waals surface area contributed by atoms with Crippen LogP contribution in [0.2, 0.25) is 0 Å². The summed E-state index contributed by atoms with van der Waals surface area (Å²) in [5.41, 5.74) is 5.07. The van der Waals surface area contributed by atoms with E-state index in [0.717, 1.165) is 10.6 Å². The summed E-state index contributed by atoms with van der Waals surface area (Å²) in [6.07, 6.45) is 0. The van der Waals surface area contributed by atoms with Gasteiger partial charge in [-0.25, -0.2) is 4.98 Å². The zero-order valence-corrected chi connectivity index (χ0v) is 12.4. The number of benzene rings is 1. The molecule has 1 heterocycles. The van der Waals surface area contributed by atoms with E-state index in [9.17, 15) is 5.11 Å². The van der Waals surface area contributed by atoms with E-state index in [4.69, 9.17) is 0 Å². The zero-order chi connectivity index (χ0) is 13.5. The zero-order valence-electron chi connectivity index (χ0n) is 11.5. The van der Waals surface area contributed by atoms with Gasteiger partial charge in [0.05, 0.1) is 5.38 Å². The SMILES string of the molecule is Cc1cc(C(C)(C)C)cc(C)c1-c1nc(O)cs1. The lowest BCUT2D eigenvalue weighted by Gasteiger charge is -2.21. The lowest BCUT2D eigenvalue weighted by atomic mass is 9.84. The Balaban J connectivity index is 2.58. The summed E-state index contributed by atoms with van der Waals surface area (Å²) < 4.78 is 0. The Morgan fingerprint density at radius 2 is 1.67 bits per heavy atom. The van der Waals surface area contributed by atoms with Gasteiger partial charge in [0.15, 0.2) is 0 Å². The van der Waals surface area contributed by atoms with Crippen LogP contribution in [0.3, 0.4) is 0 Å². The maximum absolute atomic E-state index is 9.38. The number of aromatic nitrogens is 1. The second kappa shape index (κ2) is 4.39. The quantitative estimate of drug-likeness (QED) is 0.823. The Labute approximate surface area is 112 Å². The van der Waals surface area contributed by atoms with Crippen molar-refractivity contribution in [3.63, 3.8) is 0 Å². The first kappa shape index (κ1) is 13.1. The Morgan fingerprint density at radius 3 is 2.06 bits per heavy atom. The minimum Gasteiger partial charge on any atom is -0.493 e. The number of aryl methyl sites for hydroxylation is 2. The fourth-order valence-electron chi connectivity index (χ4n) is 2.11. The highest BCUT2D eigenvalue weighted by atomic mass is 32.1. The normalized spacial score (nSPS) is 11.8. The molecule has 1 aromatic heterocycles. The van der Waals surface area contributed by atoms with Crippen LogP contribution in [-0.4, -0.2) is 10.1 Å². The maximum atomic E-state index is 9.38. The smallest absolute Gasteiger partial charge is 0.222 e. The number of rotatable bonds is 1. The number of hydrogen-bond donors (Lipinski definition) is 1. The average molecular weight is 261 g/mol. The van der Waals surface area contributed by atoms with Gasteiger partial charge in [0.25, 0.3) is 0 Å². The largest absolute Gasteiger partial charge is 0.493 e. The van der Waals surface area contributed by atoms with Crippen LogP contribution in [0.15, 0.2) is 17.5 Å². The van der Waals surface area contributed by atoms with E-state index in [1.54, 1.807) is 5.38 Å². The summed E-state index contributed by atoms with van der Waals surface area (Å²) in [4.78, 5) is 4.17. The fraction of sp³-hybridized carbons (Fsp3) is 0.400. The summed E-state index contributed by atoms with van der Waals surface area (Å²) >= 11 is 1.48. The molecular weight excluding hydrogens is 242 g/mol. The van der Waals surface area contributed by atoms with Crippen molar-refractivity contribution in [2.24, 2.45) is 0 Å². The van der Waals surface area contributed by atoms with Crippen LogP contribution in [0, 0.1) is 13.8 Å². The van der Waals surface area contributed by atoms with Gasteiger partial charge in [-0.1, -0.05) is 32.9 Å². The second-order valence-corrected chi connectivity index (χ2v) is 6.60. The van der Waals surface area contributed by atoms with Crippen LogP contribution in [-0.2, 0) is 5.41 Å². The van der Waals surface area contributed by atoms with Gasteiger partial charge >= 0.3 is 0 Å². The molecule has 0 saturated carbocycles. The molecule has 0 fully saturated rings. The first-order valence-electron chi connectivity index (χ1n) is 6.05. The third kappa shape index (κ3) is 2.41. The first-order chi connectivity index (χ1) is 8.29. The lowest BCUT2D eigenvalue weighted by molar-refractivity contribution is 0.458. The van der Waals surface area contributed by atoms with Crippen molar-refractivity contribution < 1.29 is 5.11 Å². The topological polar surface area (TPSA) is 33.1 Å². The van der Waals surface area contributed by atoms with E-state index in [1.165, 1.54) is 28.0 Å². The predicted octanol–water partition coefficient (Wildman–Crippen LogP) is 4.43. The number of thiazole rings is 1. The van der Waals surface area contributed by atoms with Gasteiger partial charge < -0.3 is 5.11 Å². The molecule has 0 spiro atoms. The fourth-order valence-corrected chi connectivity index (χ4v) is 2.97. The van der Waals surface area contributed by atoms with Crippen molar-refractivity contribution >= 4 is 11.3 Å². The van der Waals surface area contributed by atoms with Crippen LogP contribution >= 0.6 is 11.3 Å². The molecule has 3 heteroatoms. The van der Waals surface area contributed by atoms with Gasteiger partial charge in [-0.05, 0) is 36.0 Å². The summed E-state index contributed by atoms with van der Waals surface area (Å²) in [7, 11) is 0. The molecule has 0 radical (unpaired) electrons. The van der Waals surface area contributed by atoms with E-state index in [1.807, 2.05) is 0 Å². The monoisotopic (exact) mass is 261 g/mol. The van der Waals surface area contributed by atoms with Crippen LogP contribution in [0.1, 0.15) is 37.5 Å². The minimum atomic E-state index is 0.105. The van der Waals surface area contributed by atoms with E-state index in [2.05, 4.69) is 51.7 Å². The van der Waals surface area contributed by atoms with E-state index in [0.29, 0.717) is 0 Å². The van der Waals surface area contributed by atoms with Crippen LogP contribution in [0.5, 0.6) is 5.88 Å². The van der Waals surface area contributed by atoms with Crippen LogP contribution < -0.4 is 0 Å². The molecule has 0 unspecified atom stereocenters. The molecular formula is C15H19NOS. The molecule has 2 aromatic rings. The number of nitrogens with zero attached hydrogens (tertiary/aromatic N) is 1. The Bertz CT molecular complexity index is 555. The molecule has 1 N–H and O–H groups in total. The Kier molecular flexibility index (Phi) is 3.20. The van der Waals surface area contributed by atoms with Crippen molar-refractivity contribution in [3.05, 3.63) is 34.2 Å². The summed E-state index contributed by atoms with van der Waals surface area (Å²) in [6, 6.07) is 4.45. The minimum absolute atomic E-state index is 0.105. The molecule has 2 nitrogen and oxygen atoms in total. The van der Waals surface area contributed by atoms with Gasteiger partial charge in [-0.2, -0.15) is 0 Å². The van der Waals surface area contributed by atoms with Gasteiger partial charge in [0.2, 0.25) is 5.88 Å². The summed E-state index contributed by atoms with van der Waals surface area (Å²) in [5, 5.41) is 11.9. The second-order valence-electron chi connectivity index (χ2n) is 5.75. The highest BCUT2D eigenvalue weighted by Gasteiger charge is 2.18. The van der Waals surface area contributed by atoms with Crippen molar-refractivity contribution in [3.8, 4) is 16.5 Å². The molecule has 0 aliphatic heterocycles. The van der Waals surface area contributed by atoms with Crippen molar-refractivity contribution in [2.75, 3.05) is 0 Å². The van der Waals surface area contributed by atoms with Crippen LogP contribution in [0.25, 0.3) is 10.6 Å². The maximum Gasteiger partial charge on any atom is 0.222 e. The van der Waals surface area contributed by atoms with Gasteiger partial charge in [0.1, 0.15) is 5.01 Å². The number of aromatic hydroxyl groups is 1. The molecule has 1 aromatic carbocycles. The van der Waals surface area contributed by atoms with Gasteiger partial charge in [0, 0.05) is 5.56 Å². The summed E-state index contributed by atoms with van der Waals surface area (Å²) in [5.74, 6) is 0.105. The Hall–Kier alpha value is -1.35. The molecule has 0 saturated heterocycles. The van der Waals surface area contributed by atoms with E-state index in [-0.39, 0.29) is 11.3 Å². The molecule has 96 valence electrons. The molecule has 18 heavy (non-hydrogen) atoms. The third-order valence-electron chi connectivity index (χ3n) is 3.10. The molecule has 0 bridgehead atoms. The van der Waals surface area contributed by atoms with Crippen molar-refractivity contribution in [1.29, 1.82) is 0 Å². The lowest BCUT2D eigenvalue weighted by Crippen LogP contribution is -2.12. The van der Waals surface area contributed by atoms with Gasteiger partial charge in [-0.15, -0.1) is 11.3 Å². The van der Waals surface area contributed by atoms with E-state index < -0.39 is 0 Å². The highest BCUT2D eigenvalue weighted by molar-refractivity contribution is 7.13. The first-order valence-corrected chi connectivity index (χ1v) is 6.93. The average Bonchev–Trinajstić information content (AvgIpc) is 2.62. The Morgan fingerprint density at radius 1 is 1.11 bits per heavy atom. The standard InChI is InChI=1S/C15H19NOS/c1-9-6-11(15(3,4)5)7-10(2)13(9)14-16-12(17)8-18-14/h6-8,17H,1-5H3. The van der Waals surface area contributed by atoms with E-state index >= 15 is 0 Å². The molecule has 0 atom stereocenters. The van der Waals surface area contributed by atoms with Crippen molar-refractivity contribution in [1.82, 2.24) is 4.98 Å². The molecule has 0 aliphatic carbocycles. The molecule has 0 amide bonds. The molecule has 2 rings (SSSR count). The number of hydrogen-bond acceptors (Lipinski definition) is 3. The summed E-state index contributed by atoms with van der Waals surface area (Å²) in [6.45, 7) is 10.9. The predicted molar refractivity (Wildman–Crippen MR) is 77.4 cm³/mol. The third-order valence-corrected chi connectivity index (χ3v) is 3.95. The van der Waals surface area contributed by atoms with Gasteiger partial charge in [-0.3, -0.25) is 0 Å².